The molecule has 4 rings (SSSR count). The third-order valence-electron chi connectivity index (χ3n) is 7.21. The first kappa shape index (κ1) is 33.3. The molecule has 0 aromatic heterocycles. The highest BCUT2D eigenvalue weighted by molar-refractivity contribution is 9.10. The number of hydrogen-bond acceptors (Lipinski definition) is 9. The Hall–Kier alpha value is -3.56. The number of nitrogens with zero attached hydrogens (tertiary/aromatic N) is 1. The van der Waals surface area contributed by atoms with Crippen LogP contribution in [0, 0.1) is 12.3 Å². The Balaban J connectivity index is 1.63. The Morgan fingerprint density at radius 2 is 1.52 bits per heavy atom. The predicted molar refractivity (Wildman–Crippen MR) is 171 cm³/mol. The molecule has 9 nitrogen and oxygen atoms in total. The number of carbonyl (C=O) groups excluding carboxylic acids is 1. The fraction of sp³-hybridized carbons (Fsp3) is 0.364. The molecular weight excluding hydrogens is 650 g/mol. The lowest BCUT2D eigenvalue weighted by Crippen LogP contribution is -2.29. The molecule has 44 heavy (non-hydrogen) atoms. The second-order valence-electron chi connectivity index (χ2n) is 9.87. The molecule has 3 unspecified atom stereocenters. The number of ether oxygens (including phenoxy) is 6. The highest BCUT2D eigenvalue weighted by atomic mass is 79.9. The Bertz CT molecular complexity index is 1470. The van der Waals surface area contributed by atoms with Crippen LogP contribution < -0.4 is 23.7 Å². The maximum atomic E-state index is 12.2. The van der Waals surface area contributed by atoms with Gasteiger partial charge in [-0.25, -0.2) is 5.06 Å². The summed E-state index contributed by atoms with van der Waals surface area (Å²) in [7, 11) is 6.24. The quantitative estimate of drug-likeness (QED) is 0.0661. The predicted octanol–water partition coefficient (Wildman–Crippen LogP) is 7.16. The van der Waals surface area contributed by atoms with E-state index in [1.165, 1.54) is 14.0 Å². The minimum absolute atomic E-state index is 0.246. The normalized spacial score (nSPS) is 16.5. The first-order valence-corrected chi connectivity index (χ1v) is 15.7. The number of methoxy groups -OCH3 is 4. The van der Waals surface area contributed by atoms with Crippen LogP contribution in [0.15, 0.2) is 57.9 Å². The lowest BCUT2D eigenvalue weighted by atomic mass is 9.97. The van der Waals surface area contributed by atoms with Crippen molar-refractivity contribution in [2.24, 2.45) is 0 Å². The smallest absolute Gasteiger partial charge is 0.244 e. The number of hydroxylamine groups is 2. The van der Waals surface area contributed by atoms with E-state index in [2.05, 4.69) is 21.9 Å². The number of terminal acetylenes is 1. The third-order valence-corrected chi connectivity index (χ3v) is 8.71. The average molecular weight is 687 g/mol. The van der Waals surface area contributed by atoms with Crippen molar-refractivity contribution in [3.8, 4) is 41.1 Å². The zero-order chi connectivity index (χ0) is 31.8. The van der Waals surface area contributed by atoms with E-state index in [-0.39, 0.29) is 12.2 Å². The molecule has 0 spiro atoms. The summed E-state index contributed by atoms with van der Waals surface area (Å²) >= 11 is 5.09. The van der Waals surface area contributed by atoms with Gasteiger partial charge in [0.15, 0.2) is 23.0 Å². The van der Waals surface area contributed by atoms with Crippen molar-refractivity contribution in [2.75, 3.05) is 40.8 Å². The van der Waals surface area contributed by atoms with Gasteiger partial charge in [0.2, 0.25) is 11.7 Å². The van der Waals surface area contributed by atoms with E-state index in [0.717, 1.165) is 26.9 Å². The van der Waals surface area contributed by atoms with Crippen LogP contribution in [0.1, 0.15) is 54.7 Å². The van der Waals surface area contributed by atoms with E-state index in [9.17, 15) is 10.0 Å². The van der Waals surface area contributed by atoms with Crippen LogP contribution in [0.25, 0.3) is 0 Å². The molecule has 234 valence electrons. The molecule has 0 saturated carbocycles. The lowest BCUT2D eigenvalue weighted by molar-refractivity contribution is -0.169. The van der Waals surface area contributed by atoms with Crippen molar-refractivity contribution < 1.29 is 38.4 Å². The summed E-state index contributed by atoms with van der Waals surface area (Å²) in [5, 5.41) is 11.2. The highest BCUT2D eigenvalue weighted by Gasteiger charge is 2.33. The largest absolute Gasteiger partial charge is 0.493 e. The molecule has 11 heteroatoms. The molecule has 1 saturated heterocycles. The molecule has 3 aromatic rings. The lowest BCUT2D eigenvalue weighted by Gasteiger charge is -2.26. The molecule has 0 radical (unpaired) electrons. The molecule has 1 amide bonds. The van der Waals surface area contributed by atoms with Gasteiger partial charge in [0.25, 0.3) is 0 Å². The van der Waals surface area contributed by atoms with Gasteiger partial charge in [0.05, 0.1) is 47.3 Å². The van der Waals surface area contributed by atoms with Crippen LogP contribution in [-0.4, -0.2) is 57.0 Å². The highest BCUT2D eigenvalue weighted by Crippen LogP contribution is 2.48. The summed E-state index contributed by atoms with van der Waals surface area (Å²) in [6.45, 7) is 1.57. The van der Waals surface area contributed by atoms with Crippen LogP contribution in [-0.2, 0) is 9.53 Å². The maximum Gasteiger partial charge on any atom is 0.244 e. The van der Waals surface area contributed by atoms with Gasteiger partial charge in [-0.05, 0) is 72.5 Å². The molecule has 3 aromatic carbocycles. The van der Waals surface area contributed by atoms with Gasteiger partial charge in [-0.15, -0.1) is 18.2 Å². The summed E-state index contributed by atoms with van der Waals surface area (Å²) in [6.07, 6.45) is 6.71. The van der Waals surface area contributed by atoms with Crippen LogP contribution in [0.2, 0.25) is 0 Å². The van der Waals surface area contributed by atoms with E-state index in [1.807, 2.05) is 48.5 Å². The number of amides is 1. The second kappa shape index (κ2) is 15.4. The van der Waals surface area contributed by atoms with E-state index in [4.69, 9.17) is 34.8 Å². The molecular formula is C33H36BrNO8S. The van der Waals surface area contributed by atoms with Gasteiger partial charge in [-0.2, -0.15) is 0 Å². The minimum Gasteiger partial charge on any atom is -0.493 e. The monoisotopic (exact) mass is 685 g/mol. The summed E-state index contributed by atoms with van der Waals surface area (Å²) in [5.41, 5.74) is 2.09. The number of carbonyl (C=O) groups is 1. The Kier molecular flexibility index (Phi) is 11.7. The molecule has 1 N–H and O–H groups in total. The standard InChI is InChI=1S/C33H36BrNO8S/c1-7-26(35(37)20(2)36)25-16-21(17-29(38-3)32(25)42-14-15-44-24-10-8-23(34)9-11-24)27-12-13-28(43-27)22-18-30(39-4)33(41-6)31(19-22)40-5/h1,8-11,16-19,26-28,37H,12-15H2,2-6H3. The molecule has 1 aliphatic heterocycles. The van der Waals surface area contributed by atoms with Gasteiger partial charge in [-0.3, -0.25) is 10.0 Å². The Morgan fingerprint density at radius 3 is 2.02 bits per heavy atom. The fourth-order valence-corrected chi connectivity index (χ4v) is 6.06. The first-order chi connectivity index (χ1) is 21.2. The van der Waals surface area contributed by atoms with Crippen molar-refractivity contribution in [3.63, 3.8) is 0 Å². The van der Waals surface area contributed by atoms with Crippen LogP contribution >= 0.6 is 27.7 Å². The summed E-state index contributed by atoms with van der Waals surface area (Å²) in [5.74, 6) is 4.94. The maximum absolute atomic E-state index is 12.2. The van der Waals surface area contributed by atoms with Gasteiger partial charge < -0.3 is 28.4 Å². The summed E-state index contributed by atoms with van der Waals surface area (Å²) in [6, 6.07) is 14.3. The van der Waals surface area contributed by atoms with Gasteiger partial charge >= 0.3 is 0 Å². The molecule has 1 aliphatic rings. The van der Waals surface area contributed by atoms with Crippen molar-refractivity contribution in [3.05, 3.63) is 69.7 Å². The van der Waals surface area contributed by atoms with Crippen molar-refractivity contribution in [2.45, 2.75) is 42.9 Å². The van der Waals surface area contributed by atoms with Crippen molar-refractivity contribution in [1.82, 2.24) is 5.06 Å². The molecule has 1 fully saturated rings. The summed E-state index contributed by atoms with van der Waals surface area (Å²) < 4.78 is 36.0. The van der Waals surface area contributed by atoms with E-state index in [1.54, 1.807) is 33.1 Å². The average Bonchev–Trinajstić information content (AvgIpc) is 3.54. The van der Waals surface area contributed by atoms with Crippen LogP contribution in [0.5, 0.6) is 28.7 Å². The number of hydrogen-bond donors (Lipinski definition) is 1. The number of rotatable bonds is 13. The van der Waals surface area contributed by atoms with E-state index < -0.39 is 11.9 Å². The van der Waals surface area contributed by atoms with Gasteiger partial charge in [-0.1, -0.05) is 21.9 Å². The van der Waals surface area contributed by atoms with Crippen molar-refractivity contribution in [1.29, 1.82) is 0 Å². The molecule has 0 aliphatic carbocycles. The topological polar surface area (TPSA) is 95.9 Å². The Morgan fingerprint density at radius 1 is 0.977 bits per heavy atom. The molecule has 1 heterocycles. The molecule has 0 bridgehead atoms. The van der Waals surface area contributed by atoms with Gasteiger partial charge in [0, 0.05) is 27.6 Å². The fourth-order valence-electron chi connectivity index (χ4n) is 5.06. The minimum atomic E-state index is -1.11. The number of halogens is 1. The zero-order valence-corrected chi connectivity index (χ0v) is 27.7. The van der Waals surface area contributed by atoms with E-state index >= 15 is 0 Å². The summed E-state index contributed by atoms with van der Waals surface area (Å²) in [4.78, 5) is 13.3. The Labute approximate surface area is 270 Å². The number of thioether (sulfide) groups is 1. The number of benzene rings is 3. The van der Waals surface area contributed by atoms with Gasteiger partial charge in [0.1, 0.15) is 6.04 Å². The molecule has 3 atom stereocenters. The first-order valence-electron chi connectivity index (χ1n) is 13.9. The SMILES string of the molecule is C#CC(c1cc(C2CCC(c3cc(OC)c(OC)c(OC)c3)O2)cc(OC)c1OCCSc1ccc(Br)cc1)N(O)C(C)=O. The van der Waals surface area contributed by atoms with Crippen molar-refractivity contribution >= 4 is 33.6 Å². The third kappa shape index (κ3) is 7.56. The van der Waals surface area contributed by atoms with E-state index in [0.29, 0.717) is 58.2 Å². The zero-order valence-electron chi connectivity index (χ0n) is 25.3. The van der Waals surface area contributed by atoms with Crippen LogP contribution in [0.4, 0.5) is 0 Å². The van der Waals surface area contributed by atoms with Crippen LogP contribution in [0.3, 0.4) is 0 Å². The second-order valence-corrected chi connectivity index (χ2v) is 12.0.